The molecular formula is C18H26N2O3. The normalized spacial score (nSPS) is 20.4. The molecule has 1 aliphatic carbocycles. The first-order valence-electron chi connectivity index (χ1n) is 8.83. The Morgan fingerprint density at radius 3 is 2.52 bits per heavy atom. The summed E-state index contributed by atoms with van der Waals surface area (Å²) in [4.78, 5) is 26.3. The van der Waals surface area contributed by atoms with Crippen LogP contribution in [-0.2, 0) is 4.79 Å². The van der Waals surface area contributed by atoms with Crippen LogP contribution in [0.2, 0.25) is 0 Å². The molecule has 5 nitrogen and oxygen atoms in total. The summed E-state index contributed by atoms with van der Waals surface area (Å²) in [5, 5.41) is 3.14. The van der Waals surface area contributed by atoms with Crippen LogP contribution >= 0.6 is 0 Å². The van der Waals surface area contributed by atoms with Crippen LogP contribution in [0.25, 0.3) is 0 Å². The highest BCUT2D eigenvalue weighted by Gasteiger charge is 2.26. The lowest BCUT2D eigenvalue weighted by Gasteiger charge is -2.32. The third-order valence-electron chi connectivity index (χ3n) is 5.21. The van der Waals surface area contributed by atoms with Crippen molar-refractivity contribution in [1.82, 2.24) is 10.2 Å². The molecule has 0 aromatic carbocycles. The lowest BCUT2D eigenvalue weighted by atomic mass is 9.88. The molecular weight excluding hydrogens is 292 g/mol. The third kappa shape index (κ3) is 4.15. The minimum atomic E-state index is 0.0449. The quantitative estimate of drug-likeness (QED) is 0.928. The van der Waals surface area contributed by atoms with Crippen molar-refractivity contribution >= 4 is 11.8 Å². The summed E-state index contributed by atoms with van der Waals surface area (Å²) in [6, 6.07) is 1.71. The second-order valence-corrected chi connectivity index (χ2v) is 6.83. The molecule has 2 aliphatic rings. The van der Waals surface area contributed by atoms with Gasteiger partial charge in [0.05, 0.1) is 11.8 Å². The Labute approximate surface area is 137 Å². The van der Waals surface area contributed by atoms with Crippen LogP contribution < -0.4 is 5.32 Å². The first kappa shape index (κ1) is 16.1. The first-order chi connectivity index (χ1) is 11.2. The van der Waals surface area contributed by atoms with Crippen LogP contribution in [0.1, 0.15) is 55.3 Å². The molecule has 0 unspecified atom stereocenters. The first-order valence-corrected chi connectivity index (χ1v) is 8.83. The van der Waals surface area contributed by atoms with E-state index in [4.69, 9.17) is 4.42 Å². The number of rotatable bonds is 4. The highest BCUT2D eigenvalue weighted by molar-refractivity contribution is 5.93. The SMILES string of the molecule is O=C(NCC1CCN(C(=O)c2ccoc2)CC1)C1CCCCC1. The fraction of sp³-hybridized carbons (Fsp3) is 0.667. The van der Waals surface area contributed by atoms with E-state index in [1.165, 1.54) is 31.8 Å². The Kier molecular flexibility index (Phi) is 5.36. The Hall–Kier alpha value is -1.78. The van der Waals surface area contributed by atoms with Gasteiger partial charge in [-0.05, 0) is 37.7 Å². The van der Waals surface area contributed by atoms with Gasteiger partial charge < -0.3 is 14.6 Å². The number of amides is 2. The Bertz CT molecular complexity index is 512. The molecule has 1 aromatic heterocycles. The van der Waals surface area contributed by atoms with Gasteiger partial charge in [0.2, 0.25) is 5.91 Å². The predicted octanol–water partition coefficient (Wildman–Crippen LogP) is 2.83. The average Bonchev–Trinajstić information content (AvgIpc) is 3.15. The zero-order chi connectivity index (χ0) is 16.1. The zero-order valence-electron chi connectivity index (χ0n) is 13.6. The molecule has 2 amide bonds. The van der Waals surface area contributed by atoms with Gasteiger partial charge in [-0.15, -0.1) is 0 Å². The smallest absolute Gasteiger partial charge is 0.257 e. The molecule has 0 bridgehead atoms. The average molecular weight is 318 g/mol. The van der Waals surface area contributed by atoms with Crippen molar-refractivity contribution in [2.45, 2.75) is 44.9 Å². The van der Waals surface area contributed by atoms with Gasteiger partial charge in [-0.1, -0.05) is 19.3 Å². The fourth-order valence-electron chi connectivity index (χ4n) is 3.66. The van der Waals surface area contributed by atoms with E-state index in [1.54, 1.807) is 6.07 Å². The van der Waals surface area contributed by atoms with Gasteiger partial charge in [0.1, 0.15) is 6.26 Å². The Morgan fingerprint density at radius 1 is 1.13 bits per heavy atom. The van der Waals surface area contributed by atoms with Crippen LogP contribution in [0.3, 0.4) is 0 Å². The number of carbonyl (C=O) groups is 2. The maximum absolute atomic E-state index is 12.2. The van der Waals surface area contributed by atoms with Gasteiger partial charge in [-0.3, -0.25) is 9.59 Å². The second kappa shape index (κ2) is 7.66. The van der Waals surface area contributed by atoms with Crippen LogP contribution in [0.5, 0.6) is 0 Å². The summed E-state index contributed by atoms with van der Waals surface area (Å²) in [5.41, 5.74) is 0.619. The van der Waals surface area contributed by atoms with Gasteiger partial charge in [0.15, 0.2) is 0 Å². The van der Waals surface area contributed by atoms with Crippen molar-refractivity contribution in [1.29, 1.82) is 0 Å². The number of nitrogens with zero attached hydrogens (tertiary/aromatic N) is 1. The number of hydrogen-bond acceptors (Lipinski definition) is 3. The molecule has 0 atom stereocenters. The predicted molar refractivity (Wildman–Crippen MR) is 86.9 cm³/mol. The Morgan fingerprint density at radius 2 is 1.87 bits per heavy atom. The van der Waals surface area contributed by atoms with Crippen molar-refractivity contribution < 1.29 is 14.0 Å². The molecule has 5 heteroatoms. The third-order valence-corrected chi connectivity index (χ3v) is 5.21. The van der Waals surface area contributed by atoms with E-state index in [1.807, 2.05) is 4.90 Å². The van der Waals surface area contributed by atoms with Crippen molar-refractivity contribution in [3.8, 4) is 0 Å². The second-order valence-electron chi connectivity index (χ2n) is 6.83. The number of nitrogens with one attached hydrogen (secondary N) is 1. The van der Waals surface area contributed by atoms with Crippen LogP contribution in [0, 0.1) is 11.8 Å². The van der Waals surface area contributed by atoms with Crippen molar-refractivity contribution in [3.05, 3.63) is 24.2 Å². The molecule has 23 heavy (non-hydrogen) atoms. The molecule has 0 spiro atoms. The largest absolute Gasteiger partial charge is 0.472 e. The van der Waals surface area contributed by atoms with Crippen molar-refractivity contribution in [2.24, 2.45) is 11.8 Å². The topological polar surface area (TPSA) is 62.6 Å². The number of likely N-dealkylation sites (tertiary alicyclic amines) is 1. The summed E-state index contributed by atoms with van der Waals surface area (Å²) in [5.74, 6) is 0.993. The van der Waals surface area contributed by atoms with E-state index in [0.717, 1.165) is 45.3 Å². The molecule has 1 aliphatic heterocycles. The standard InChI is InChI=1S/C18H26N2O3/c21-17(15-4-2-1-3-5-15)19-12-14-6-9-20(10-7-14)18(22)16-8-11-23-13-16/h8,11,13-15H,1-7,9-10,12H2,(H,19,21). The van der Waals surface area contributed by atoms with Gasteiger partial charge >= 0.3 is 0 Å². The Balaban J connectivity index is 1.39. The molecule has 1 N–H and O–H groups in total. The van der Waals surface area contributed by atoms with Gasteiger partial charge in [-0.25, -0.2) is 0 Å². The van der Waals surface area contributed by atoms with Crippen LogP contribution in [-0.4, -0.2) is 36.3 Å². The van der Waals surface area contributed by atoms with Gasteiger partial charge in [-0.2, -0.15) is 0 Å². The maximum Gasteiger partial charge on any atom is 0.257 e. The summed E-state index contributed by atoms with van der Waals surface area (Å²) in [6.45, 7) is 2.27. The maximum atomic E-state index is 12.2. The summed E-state index contributed by atoms with van der Waals surface area (Å²) < 4.78 is 4.98. The minimum Gasteiger partial charge on any atom is -0.472 e. The minimum absolute atomic E-state index is 0.0449. The van der Waals surface area contributed by atoms with Crippen LogP contribution in [0.15, 0.2) is 23.0 Å². The molecule has 1 saturated carbocycles. The molecule has 3 rings (SSSR count). The fourth-order valence-corrected chi connectivity index (χ4v) is 3.66. The molecule has 0 radical (unpaired) electrons. The summed E-state index contributed by atoms with van der Waals surface area (Å²) in [7, 11) is 0. The lowest BCUT2D eigenvalue weighted by Crippen LogP contribution is -2.42. The summed E-state index contributed by atoms with van der Waals surface area (Å²) in [6.07, 6.45) is 10.7. The number of furan rings is 1. The number of hydrogen-bond donors (Lipinski definition) is 1. The summed E-state index contributed by atoms with van der Waals surface area (Å²) >= 11 is 0. The lowest BCUT2D eigenvalue weighted by molar-refractivity contribution is -0.126. The molecule has 2 heterocycles. The van der Waals surface area contributed by atoms with E-state index in [-0.39, 0.29) is 17.7 Å². The van der Waals surface area contributed by atoms with E-state index in [9.17, 15) is 9.59 Å². The molecule has 1 saturated heterocycles. The van der Waals surface area contributed by atoms with E-state index in [2.05, 4.69) is 5.32 Å². The molecule has 2 fully saturated rings. The molecule has 1 aromatic rings. The van der Waals surface area contributed by atoms with Gasteiger partial charge in [0.25, 0.3) is 5.91 Å². The number of piperidine rings is 1. The van der Waals surface area contributed by atoms with Crippen LogP contribution in [0.4, 0.5) is 0 Å². The van der Waals surface area contributed by atoms with E-state index < -0.39 is 0 Å². The zero-order valence-corrected chi connectivity index (χ0v) is 13.6. The van der Waals surface area contributed by atoms with E-state index in [0.29, 0.717) is 11.5 Å². The highest BCUT2D eigenvalue weighted by atomic mass is 16.3. The van der Waals surface area contributed by atoms with E-state index >= 15 is 0 Å². The number of carbonyl (C=O) groups excluding carboxylic acids is 2. The van der Waals surface area contributed by atoms with Gasteiger partial charge in [0, 0.05) is 25.6 Å². The monoisotopic (exact) mass is 318 g/mol. The van der Waals surface area contributed by atoms with Crippen molar-refractivity contribution in [2.75, 3.05) is 19.6 Å². The molecule has 126 valence electrons. The van der Waals surface area contributed by atoms with Crippen molar-refractivity contribution in [3.63, 3.8) is 0 Å². The highest BCUT2D eigenvalue weighted by Crippen LogP contribution is 2.24.